The van der Waals surface area contributed by atoms with Gasteiger partial charge in [0.2, 0.25) is 0 Å². The van der Waals surface area contributed by atoms with Crippen LogP contribution in [-0.4, -0.2) is 20.4 Å². The molecule has 0 saturated heterocycles. The lowest BCUT2D eigenvalue weighted by Gasteiger charge is -1.87. The van der Waals surface area contributed by atoms with Crippen LogP contribution in [0.25, 0.3) is 0 Å². The lowest BCUT2D eigenvalue weighted by molar-refractivity contribution is 0.163. The molecule has 0 saturated carbocycles. The molecule has 0 spiro atoms. The summed E-state index contributed by atoms with van der Waals surface area (Å²) < 4.78 is 0. The van der Waals surface area contributed by atoms with Gasteiger partial charge in [0.25, 0.3) is 0 Å². The van der Waals surface area contributed by atoms with Crippen molar-refractivity contribution in [2.45, 2.75) is 0 Å². The number of nitrogens with zero attached hydrogens (tertiary/aromatic N) is 4. The number of tetrazole rings is 1. The van der Waals surface area contributed by atoms with Gasteiger partial charge in [-0.2, -0.15) is 0 Å². The lowest BCUT2D eigenvalue weighted by Crippen LogP contribution is -2.02. The van der Waals surface area contributed by atoms with Crippen molar-refractivity contribution in [3.8, 4) is 0 Å². The van der Waals surface area contributed by atoms with Crippen LogP contribution < -0.4 is 4.84 Å². The summed E-state index contributed by atoms with van der Waals surface area (Å²) in [5.74, 6) is 0. The Morgan fingerprint density at radius 2 is 2.57 bits per heavy atom. The molecule has 0 aliphatic heterocycles. The van der Waals surface area contributed by atoms with Crippen molar-refractivity contribution >= 4 is 0 Å². The standard InChI is InChI=1S/C2H3N4O/c1-7-6-2-3-4-5-6/h2H,1H2. The number of hydrogen-bond donors (Lipinski definition) is 0. The molecule has 1 aromatic heterocycles. The van der Waals surface area contributed by atoms with Gasteiger partial charge in [0.1, 0.15) is 0 Å². The van der Waals surface area contributed by atoms with Gasteiger partial charge < -0.3 is 4.84 Å². The zero-order valence-electron chi connectivity index (χ0n) is 3.48. The number of hydrogen-bond acceptors (Lipinski definition) is 4. The van der Waals surface area contributed by atoms with Gasteiger partial charge in [-0.05, 0) is 10.4 Å². The molecule has 5 heteroatoms. The van der Waals surface area contributed by atoms with Crippen LogP contribution in [0.15, 0.2) is 6.33 Å². The van der Waals surface area contributed by atoms with E-state index >= 15 is 0 Å². The maximum atomic E-state index is 4.28. The zero-order valence-corrected chi connectivity index (χ0v) is 3.48. The molecule has 0 amide bonds. The minimum Gasteiger partial charge on any atom is -0.390 e. The molecule has 0 N–H and O–H groups in total. The maximum Gasteiger partial charge on any atom is 0.179 e. The van der Waals surface area contributed by atoms with Crippen molar-refractivity contribution in [2.24, 2.45) is 0 Å². The molecule has 0 unspecified atom stereocenters. The first-order valence-corrected chi connectivity index (χ1v) is 1.59. The fourth-order valence-electron chi connectivity index (χ4n) is 0.212. The van der Waals surface area contributed by atoms with Crippen molar-refractivity contribution in [3.05, 3.63) is 13.4 Å². The first-order valence-electron chi connectivity index (χ1n) is 1.59. The van der Waals surface area contributed by atoms with Gasteiger partial charge in [0, 0.05) is 0 Å². The second-order valence-electron chi connectivity index (χ2n) is 0.841. The first-order chi connectivity index (χ1) is 3.43. The van der Waals surface area contributed by atoms with Gasteiger partial charge in [0.15, 0.2) is 13.4 Å². The molecule has 0 fully saturated rings. The molecular formula is C2H3N4O. The van der Waals surface area contributed by atoms with E-state index in [9.17, 15) is 0 Å². The fourth-order valence-corrected chi connectivity index (χ4v) is 0.212. The Kier molecular flexibility index (Phi) is 0.892. The van der Waals surface area contributed by atoms with E-state index in [0.29, 0.717) is 0 Å². The predicted molar refractivity (Wildman–Crippen MR) is 19.8 cm³/mol. The summed E-state index contributed by atoms with van der Waals surface area (Å²) in [5.41, 5.74) is 0. The second-order valence-corrected chi connectivity index (χ2v) is 0.841. The normalized spacial score (nSPS) is 8.71. The van der Waals surface area contributed by atoms with Gasteiger partial charge in [-0.15, -0.1) is 5.10 Å². The topological polar surface area (TPSA) is 52.8 Å². The Morgan fingerprint density at radius 1 is 1.71 bits per heavy atom. The summed E-state index contributed by atoms with van der Waals surface area (Å²) >= 11 is 0. The SMILES string of the molecule is [CH2]On1cnnn1. The molecule has 0 atom stereocenters. The summed E-state index contributed by atoms with van der Waals surface area (Å²) in [7, 11) is 3.05. The number of aromatic nitrogens is 4. The molecule has 0 aliphatic carbocycles. The van der Waals surface area contributed by atoms with Crippen molar-refractivity contribution in [1.29, 1.82) is 0 Å². The average molecular weight is 99.1 g/mol. The first kappa shape index (κ1) is 4.04. The molecule has 37 valence electrons. The van der Waals surface area contributed by atoms with E-state index in [1.165, 1.54) is 6.33 Å². The third-order valence-electron chi connectivity index (χ3n) is 0.462. The highest BCUT2D eigenvalue weighted by Gasteiger charge is 1.81. The molecule has 1 aromatic rings. The zero-order chi connectivity index (χ0) is 5.11. The third-order valence-corrected chi connectivity index (χ3v) is 0.462. The quantitative estimate of drug-likeness (QED) is 0.448. The smallest absolute Gasteiger partial charge is 0.179 e. The molecule has 7 heavy (non-hydrogen) atoms. The van der Waals surface area contributed by atoms with Crippen LogP contribution in [0.1, 0.15) is 0 Å². The molecule has 1 radical (unpaired) electrons. The van der Waals surface area contributed by atoms with E-state index in [-0.39, 0.29) is 0 Å². The minimum atomic E-state index is 1.04. The van der Waals surface area contributed by atoms with Crippen LogP contribution in [0.4, 0.5) is 0 Å². The van der Waals surface area contributed by atoms with Crippen LogP contribution in [0.5, 0.6) is 0 Å². The van der Waals surface area contributed by atoms with Crippen molar-refractivity contribution in [1.82, 2.24) is 20.4 Å². The summed E-state index contributed by atoms with van der Waals surface area (Å²) in [6, 6.07) is 0. The Labute approximate surface area is 39.8 Å². The molecule has 1 rings (SSSR count). The molecule has 0 bridgehead atoms. The Balaban J connectivity index is 2.76. The van der Waals surface area contributed by atoms with E-state index in [1.54, 1.807) is 0 Å². The van der Waals surface area contributed by atoms with E-state index in [4.69, 9.17) is 0 Å². The highest BCUT2D eigenvalue weighted by Crippen LogP contribution is 1.63. The van der Waals surface area contributed by atoms with E-state index in [2.05, 4.69) is 27.5 Å². The fraction of sp³-hybridized carbons (Fsp3) is 0. The van der Waals surface area contributed by atoms with Crippen LogP contribution >= 0.6 is 0 Å². The Morgan fingerprint density at radius 3 is 2.86 bits per heavy atom. The maximum absolute atomic E-state index is 4.28. The highest BCUT2D eigenvalue weighted by atomic mass is 16.7. The van der Waals surface area contributed by atoms with Crippen molar-refractivity contribution < 1.29 is 4.84 Å². The van der Waals surface area contributed by atoms with Crippen LogP contribution in [-0.2, 0) is 0 Å². The third kappa shape index (κ3) is 0.648. The largest absolute Gasteiger partial charge is 0.390 e. The molecule has 1 heterocycles. The molecule has 0 aromatic carbocycles. The van der Waals surface area contributed by atoms with E-state index < -0.39 is 0 Å². The summed E-state index contributed by atoms with van der Waals surface area (Å²) in [4.78, 5) is 5.33. The Bertz CT molecular complexity index is 124. The lowest BCUT2D eigenvalue weighted by atomic mass is 11.4. The second kappa shape index (κ2) is 1.55. The molecule has 5 nitrogen and oxygen atoms in total. The van der Waals surface area contributed by atoms with Gasteiger partial charge in [-0.3, -0.25) is 0 Å². The summed E-state index contributed by atoms with van der Waals surface area (Å²) in [6.45, 7) is 0. The summed E-state index contributed by atoms with van der Waals surface area (Å²) in [6.07, 6.45) is 1.30. The Hall–Kier alpha value is -1.13. The minimum absolute atomic E-state index is 1.04. The monoisotopic (exact) mass is 99.0 g/mol. The van der Waals surface area contributed by atoms with Crippen molar-refractivity contribution in [3.63, 3.8) is 0 Å². The van der Waals surface area contributed by atoms with Crippen molar-refractivity contribution in [2.75, 3.05) is 0 Å². The molecule has 0 aliphatic rings. The summed E-state index contributed by atoms with van der Waals surface area (Å²) in [5, 5.41) is 9.83. The van der Waals surface area contributed by atoms with Gasteiger partial charge in [-0.1, -0.05) is 4.85 Å². The van der Waals surface area contributed by atoms with E-state index in [0.717, 1.165) is 4.85 Å². The number of rotatable bonds is 1. The van der Waals surface area contributed by atoms with Gasteiger partial charge in [-0.25, -0.2) is 0 Å². The van der Waals surface area contributed by atoms with E-state index in [1.807, 2.05) is 0 Å². The van der Waals surface area contributed by atoms with Gasteiger partial charge in [0.05, 0.1) is 0 Å². The molecular weight excluding hydrogens is 96.0 g/mol. The predicted octanol–water partition coefficient (Wildman–Crippen LogP) is -1.11. The van der Waals surface area contributed by atoms with Crippen LogP contribution in [0.2, 0.25) is 0 Å². The average Bonchev–Trinajstić information content (AvgIpc) is 2.14. The van der Waals surface area contributed by atoms with Gasteiger partial charge >= 0.3 is 0 Å². The van der Waals surface area contributed by atoms with Crippen LogP contribution in [0, 0.1) is 7.11 Å². The highest BCUT2D eigenvalue weighted by molar-refractivity contribution is 4.33. The van der Waals surface area contributed by atoms with Crippen LogP contribution in [0.3, 0.4) is 0 Å².